The van der Waals surface area contributed by atoms with E-state index in [-0.39, 0.29) is 94.7 Å². The van der Waals surface area contributed by atoms with E-state index in [0.29, 0.717) is 19.6 Å². The van der Waals surface area contributed by atoms with Crippen molar-refractivity contribution in [3.05, 3.63) is 11.1 Å². The third kappa shape index (κ3) is 131. The number of rotatable bonds is 18. The van der Waals surface area contributed by atoms with Crippen molar-refractivity contribution in [3.8, 4) is 0 Å². The zero-order valence-electron chi connectivity index (χ0n) is 33.4. The molecule has 0 rings (SSSR count). The molecule has 0 heterocycles. The van der Waals surface area contributed by atoms with E-state index in [4.69, 9.17) is 97.4 Å². The molecular formula is C30H74Gd2N4O18Si2. The molecule has 0 unspecified atom stereocenters. The number of nitrogens with two attached hydrogens (primary N) is 1. The number of nitrogens with one attached hydrogen (secondary N) is 2. The van der Waals surface area contributed by atoms with Crippen molar-refractivity contribution in [3.63, 3.8) is 0 Å². The monoisotopic (exact) mass is 1150 g/mol. The summed E-state index contributed by atoms with van der Waals surface area (Å²) in [5, 5.41) is 51.9. The first-order valence-electron chi connectivity index (χ1n) is 15.0. The van der Waals surface area contributed by atoms with Crippen molar-refractivity contribution in [2.24, 2.45) is 5.73 Å². The maximum atomic E-state index is 9.00. The molecule has 0 atom stereocenters. The predicted molar refractivity (Wildman–Crippen MR) is 210 cm³/mol. The topological polar surface area (TPSA) is 355 Å². The number of hydrogen-bond donors (Lipinski definition) is 8. The summed E-state index contributed by atoms with van der Waals surface area (Å²) in [7, 11) is 4.99. The molecule has 0 radical (unpaired) electrons. The van der Waals surface area contributed by atoms with Gasteiger partial charge in [0.15, 0.2) is 0 Å². The summed E-state index contributed by atoms with van der Waals surface area (Å²) in [5.41, 5.74) is 12.3. The van der Waals surface area contributed by atoms with Crippen LogP contribution in [0.15, 0.2) is 0 Å². The fourth-order valence-electron chi connectivity index (χ4n) is 2.37. The molecule has 0 aromatic heterocycles. The van der Waals surface area contributed by atoms with Crippen LogP contribution in [0.5, 0.6) is 0 Å². The maximum Gasteiger partial charge on any atom is 2.00 e. The normalized spacial score (nSPS) is 8.68. The number of nitrogens with zero attached hydrogens (tertiary/aromatic N) is 1. The molecule has 0 aromatic rings. The predicted octanol–water partition coefficient (Wildman–Crippen LogP) is 3.30. The Hall–Kier alpha value is -0.497. The molecule has 22 nitrogen and oxygen atoms in total. The summed E-state index contributed by atoms with van der Waals surface area (Å²) in [6, 6.07) is 1.60. The Balaban J connectivity index is -0.0000000425. The van der Waals surface area contributed by atoms with Gasteiger partial charge >= 0.3 is 57.5 Å². The molecular weight excluding hydrogens is 1080 g/mol. The van der Waals surface area contributed by atoms with Gasteiger partial charge in [0.1, 0.15) is 0 Å². The number of carboxylic acid groups (broad SMARTS) is 6. The SMILES string of the molecule is C.C.CC(=O)O.CC(=O)O.CC(=O)O.CC(=O)O.CC(=O)O.CC(=O)O.CO[Si](CCCNCCN)(OC)OC.CO[Si](CCC[N-]CC[NH-])(OC)OC.[Gd+2].[Gd]. The molecule has 0 aliphatic rings. The zero-order chi connectivity index (χ0) is 43.2. The van der Waals surface area contributed by atoms with Crippen LogP contribution in [0.25, 0.3) is 11.1 Å². The van der Waals surface area contributed by atoms with Crippen molar-refractivity contribution in [2.45, 2.75) is 81.3 Å². The van der Waals surface area contributed by atoms with Crippen molar-refractivity contribution >= 4 is 53.4 Å². The van der Waals surface area contributed by atoms with Gasteiger partial charge in [0.05, 0.1) is 0 Å². The van der Waals surface area contributed by atoms with E-state index in [0.717, 1.165) is 86.1 Å². The molecule has 0 aliphatic heterocycles. The van der Waals surface area contributed by atoms with E-state index >= 15 is 0 Å². The Labute approximate surface area is 400 Å². The average molecular weight is 1150 g/mol. The van der Waals surface area contributed by atoms with Gasteiger partial charge in [0, 0.05) is 149 Å². The van der Waals surface area contributed by atoms with E-state index < -0.39 is 53.4 Å². The molecule has 0 aromatic carbocycles. The van der Waals surface area contributed by atoms with Crippen LogP contribution in [0.1, 0.15) is 69.2 Å². The van der Waals surface area contributed by atoms with Crippen LogP contribution >= 0.6 is 0 Å². The second-order valence-electron chi connectivity index (χ2n) is 8.87. The van der Waals surface area contributed by atoms with Gasteiger partial charge < -0.3 is 79.3 Å². The van der Waals surface area contributed by atoms with Crippen molar-refractivity contribution in [2.75, 3.05) is 81.9 Å². The Morgan fingerprint density at radius 1 is 0.554 bits per heavy atom. The molecule has 0 bridgehead atoms. The van der Waals surface area contributed by atoms with Gasteiger partial charge in [-0.1, -0.05) is 21.3 Å². The van der Waals surface area contributed by atoms with Gasteiger partial charge in [-0.25, -0.2) is 0 Å². The summed E-state index contributed by atoms with van der Waals surface area (Å²) in [6.07, 6.45) is 1.86. The van der Waals surface area contributed by atoms with Gasteiger partial charge in [-0.2, -0.15) is 13.1 Å². The van der Waals surface area contributed by atoms with Gasteiger partial charge in [0.25, 0.3) is 35.8 Å². The molecule has 0 spiro atoms. The first-order valence-corrected chi connectivity index (χ1v) is 18.9. The molecule has 26 heteroatoms. The molecule has 0 saturated carbocycles. The second-order valence-corrected chi connectivity index (χ2v) is 15.1. The van der Waals surface area contributed by atoms with E-state index in [2.05, 4.69) is 10.6 Å². The average Bonchev–Trinajstić information content (AvgIpc) is 3.00. The van der Waals surface area contributed by atoms with E-state index in [9.17, 15) is 0 Å². The molecule has 0 aliphatic carbocycles. The maximum absolute atomic E-state index is 9.00. The van der Waals surface area contributed by atoms with Crippen LogP contribution in [0.3, 0.4) is 0 Å². The molecule has 0 saturated heterocycles. The van der Waals surface area contributed by atoms with Crippen molar-refractivity contribution in [1.29, 1.82) is 0 Å². The summed E-state index contributed by atoms with van der Waals surface area (Å²) in [6.45, 7) is 10.7. The Morgan fingerprint density at radius 2 is 0.786 bits per heavy atom. The Bertz CT molecular complexity index is 689. The summed E-state index contributed by atoms with van der Waals surface area (Å²) < 4.78 is 31.6. The van der Waals surface area contributed by atoms with Crippen molar-refractivity contribution in [1.82, 2.24) is 5.32 Å². The standard InChI is InChI=1S/C8H22N2O3Si.C8H20N2O3Si.6C2H4O2.2CH4.2Gd/c2*1-11-14(12-2,13-3)8-4-6-10-7-5-9;6*1-2(3)4;;;;/h10H,4-9H2,1-3H3;9H,4-8H2,1-3H3;6*1H3,(H,3,4);2*1H4;;/q;-2;;;;;;;;;;+2. The van der Waals surface area contributed by atoms with Crippen LogP contribution in [-0.2, 0) is 55.3 Å². The number of hydrogen-bond acceptors (Lipinski definition) is 14. The van der Waals surface area contributed by atoms with E-state index in [1.165, 1.54) is 0 Å². The number of aliphatic carboxylic acids is 6. The fraction of sp³-hybridized carbons (Fsp3) is 0.800. The summed E-state index contributed by atoms with van der Waals surface area (Å²) in [5.74, 6) is -5.00. The minimum absolute atomic E-state index is 0. The Kier molecular flexibility index (Phi) is 108. The van der Waals surface area contributed by atoms with Gasteiger partial charge in [-0.15, -0.1) is 6.54 Å². The molecule has 56 heavy (non-hydrogen) atoms. The molecule has 346 valence electrons. The minimum Gasteiger partial charge on any atom is -0.679 e. The third-order valence-electron chi connectivity index (χ3n) is 4.09. The summed E-state index contributed by atoms with van der Waals surface area (Å²) >= 11 is 0. The van der Waals surface area contributed by atoms with Crippen LogP contribution < -0.4 is 11.1 Å². The first-order chi connectivity index (χ1) is 23.9. The number of carboxylic acids is 6. The van der Waals surface area contributed by atoms with Crippen LogP contribution in [0, 0.1) is 79.9 Å². The van der Waals surface area contributed by atoms with E-state index in [1.54, 1.807) is 42.7 Å². The molecule has 0 fully saturated rings. The largest absolute Gasteiger partial charge is 2.00 e. The molecule has 10 N–H and O–H groups in total. The number of carbonyl (C=O) groups is 6. The molecule has 0 amide bonds. The van der Waals surface area contributed by atoms with Gasteiger partial charge in [-0.05, 0) is 13.0 Å². The van der Waals surface area contributed by atoms with E-state index in [1.807, 2.05) is 0 Å². The fourth-order valence-corrected chi connectivity index (χ4v) is 5.79. The van der Waals surface area contributed by atoms with Crippen molar-refractivity contribution < 1.29 is 166 Å². The van der Waals surface area contributed by atoms with Gasteiger partial charge in [0.2, 0.25) is 0 Å². The summed E-state index contributed by atoms with van der Waals surface area (Å²) in [4.78, 5) is 54.0. The van der Waals surface area contributed by atoms with Crippen LogP contribution in [-0.4, -0.2) is 166 Å². The third-order valence-corrected chi connectivity index (χ3v) is 9.76. The smallest absolute Gasteiger partial charge is 0.679 e. The first kappa shape index (κ1) is 87.1. The minimum atomic E-state index is -2.38. The second kappa shape index (κ2) is 69.1. The Morgan fingerprint density at radius 3 is 0.982 bits per heavy atom. The quantitative estimate of drug-likeness (QED) is 0.0721. The van der Waals surface area contributed by atoms with Crippen LogP contribution in [0.4, 0.5) is 0 Å². The zero-order valence-corrected chi connectivity index (χ0v) is 39.9. The van der Waals surface area contributed by atoms with Crippen LogP contribution in [0.2, 0.25) is 12.1 Å². The van der Waals surface area contributed by atoms with Gasteiger partial charge in [-0.3, -0.25) is 28.8 Å².